The van der Waals surface area contributed by atoms with Crippen LogP contribution in [0.5, 0.6) is 5.75 Å². The molecule has 0 fully saturated rings. The summed E-state index contributed by atoms with van der Waals surface area (Å²) in [6, 6.07) is 17.1. The molecule has 4 rings (SSSR count). The Bertz CT molecular complexity index is 997. The maximum atomic E-state index is 12.4. The first-order chi connectivity index (χ1) is 13.1. The van der Waals surface area contributed by atoms with Gasteiger partial charge in [-0.1, -0.05) is 35.9 Å². The van der Waals surface area contributed by atoms with Crippen molar-refractivity contribution in [2.24, 2.45) is 0 Å². The molecule has 1 unspecified atom stereocenters. The van der Waals surface area contributed by atoms with Gasteiger partial charge in [0, 0.05) is 16.4 Å². The Hall–Kier alpha value is -2.93. The van der Waals surface area contributed by atoms with Gasteiger partial charge in [-0.05, 0) is 31.2 Å². The molecule has 6 nitrogen and oxygen atoms in total. The number of nitrogens with zero attached hydrogens (tertiary/aromatic N) is 2. The zero-order chi connectivity index (χ0) is 18.8. The normalized spacial score (nSPS) is 15.4. The number of fused-ring (bicyclic) bond motifs is 1. The van der Waals surface area contributed by atoms with E-state index in [1.54, 1.807) is 16.8 Å². The molecule has 1 atom stereocenters. The fourth-order valence-corrected chi connectivity index (χ4v) is 4.23. The third-order valence-corrected chi connectivity index (χ3v) is 5.53. The smallest absolute Gasteiger partial charge is 0.263 e. The maximum Gasteiger partial charge on any atom is 0.263 e. The molecular formula is C20H19N3O3S. The summed E-state index contributed by atoms with van der Waals surface area (Å²) in [5, 5.41) is 7.48. The largest absolute Gasteiger partial charge is 0.484 e. The Labute approximate surface area is 159 Å². The quantitative estimate of drug-likeness (QED) is 0.737. The number of anilines is 1. The number of carbonyl (C=O) groups is 1. The first kappa shape index (κ1) is 17.5. The monoisotopic (exact) mass is 381 g/mol. The molecule has 0 spiro atoms. The van der Waals surface area contributed by atoms with Crippen molar-refractivity contribution < 1.29 is 13.7 Å². The molecule has 0 aliphatic carbocycles. The van der Waals surface area contributed by atoms with Gasteiger partial charge in [0.15, 0.2) is 6.61 Å². The topological polar surface area (TPSA) is 73.2 Å². The number of amides is 1. The second-order valence-corrected chi connectivity index (χ2v) is 7.86. The third-order valence-electron chi connectivity index (χ3n) is 4.32. The molecule has 1 aliphatic rings. The zero-order valence-electron chi connectivity index (χ0n) is 14.8. The van der Waals surface area contributed by atoms with Crippen LogP contribution in [0.3, 0.4) is 0 Å². The number of aryl methyl sites for hydroxylation is 1. The Balaban J connectivity index is 1.58. The van der Waals surface area contributed by atoms with E-state index in [1.807, 2.05) is 49.4 Å². The molecule has 2 aromatic carbocycles. The number of benzene rings is 2. The first-order valence-electron chi connectivity index (χ1n) is 8.60. The van der Waals surface area contributed by atoms with Crippen LogP contribution in [0.25, 0.3) is 5.69 Å². The van der Waals surface area contributed by atoms with Crippen molar-refractivity contribution in [3.63, 3.8) is 0 Å². The second-order valence-electron chi connectivity index (χ2n) is 6.40. The molecule has 1 N–H and O–H groups in total. The highest BCUT2D eigenvalue weighted by atomic mass is 32.2. The van der Waals surface area contributed by atoms with Crippen LogP contribution in [-0.2, 0) is 27.1 Å². The van der Waals surface area contributed by atoms with Crippen LogP contribution in [0.4, 0.5) is 5.82 Å². The highest BCUT2D eigenvalue weighted by Gasteiger charge is 2.28. The summed E-state index contributed by atoms with van der Waals surface area (Å²) < 4.78 is 19.2. The number of hydrogen-bond donors (Lipinski definition) is 1. The van der Waals surface area contributed by atoms with Gasteiger partial charge in [0.1, 0.15) is 11.6 Å². The van der Waals surface area contributed by atoms with Gasteiger partial charge in [0.2, 0.25) is 0 Å². The van der Waals surface area contributed by atoms with E-state index in [0.717, 1.165) is 22.5 Å². The van der Waals surface area contributed by atoms with E-state index in [9.17, 15) is 9.00 Å². The number of nitrogens with one attached hydrogen (secondary N) is 1. The molecule has 1 aromatic heterocycles. The lowest BCUT2D eigenvalue weighted by Crippen LogP contribution is -2.22. The Kier molecular flexibility index (Phi) is 4.77. The van der Waals surface area contributed by atoms with Crippen molar-refractivity contribution >= 4 is 22.5 Å². The average Bonchev–Trinajstić information content (AvgIpc) is 3.19. The predicted molar refractivity (Wildman–Crippen MR) is 104 cm³/mol. The molecule has 0 saturated heterocycles. The summed E-state index contributed by atoms with van der Waals surface area (Å²) in [6.45, 7) is 1.90. The van der Waals surface area contributed by atoms with E-state index in [0.29, 0.717) is 23.1 Å². The number of para-hydroxylation sites is 1. The molecule has 138 valence electrons. The van der Waals surface area contributed by atoms with Crippen LogP contribution in [0, 0.1) is 6.92 Å². The standard InChI is InChI=1S/C20H19N3O3S/c1-14-7-9-15(10-8-14)23-20(17-12-27(25)13-18(17)22-23)21-19(24)11-26-16-5-3-2-4-6-16/h2-10H,11-13H2,1H3,(H,21,24). The zero-order valence-corrected chi connectivity index (χ0v) is 15.7. The SMILES string of the molecule is Cc1ccc(-n2nc3c(c2NC(=O)COc2ccccc2)CS(=O)C3)cc1. The Morgan fingerprint density at radius 1 is 1.15 bits per heavy atom. The van der Waals surface area contributed by atoms with Gasteiger partial charge in [0.25, 0.3) is 5.91 Å². The minimum Gasteiger partial charge on any atom is -0.484 e. The van der Waals surface area contributed by atoms with Gasteiger partial charge < -0.3 is 10.1 Å². The number of hydrogen-bond acceptors (Lipinski definition) is 4. The minimum absolute atomic E-state index is 0.110. The molecule has 0 saturated carbocycles. The number of rotatable bonds is 5. The lowest BCUT2D eigenvalue weighted by atomic mass is 10.2. The Morgan fingerprint density at radius 2 is 1.89 bits per heavy atom. The van der Waals surface area contributed by atoms with Crippen LogP contribution >= 0.6 is 0 Å². The molecule has 1 aliphatic heterocycles. The van der Waals surface area contributed by atoms with Crippen molar-refractivity contribution in [2.45, 2.75) is 18.4 Å². The van der Waals surface area contributed by atoms with Crippen molar-refractivity contribution in [1.29, 1.82) is 0 Å². The van der Waals surface area contributed by atoms with E-state index in [-0.39, 0.29) is 12.5 Å². The molecule has 0 radical (unpaired) electrons. The van der Waals surface area contributed by atoms with Crippen molar-refractivity contribution in [2.75, 3.05) is 11.9 Å². The number of aromatic nitrogens is 2. The fourth-order valence-electron chi connectivity index (χ4n) is 2.96. The fraction of sp³-hybridized carbons (Fsp3) is 0.200. The molecule has 2 heterocycles. The van der Waals surface area contributed by atoms with E-state index in [2.05, 4.69) is 10.4 Å². The number of carbonyl (C=O) groups excluding carboxylic acids is 1. The van der Waals surface area contributed by atoms with Gasteiger partial charge in [0.05, 0.1) is 22.9 Å². The van der Waals surface area contributed by atoms with Gasteiger partial charge in [-0.15, -0.1) is 0 Å². The molecular weight excluding hydrogens is 362 g/mol. The molecule has 27 heavy (non-hydrogen) atoms. The highest BCUT2D eigenvalue weighted by Crippen LogP contribution is 2.31. The van der Waals surface area contributed by atoms with Crippen molar-refractivity contribution in [3.8, 4) is 11.4 Å². The maximum absolute atomic E-state index is 12.4. The van der Waals surface area contributed by atoms with E-state index >= 15 is 0 Å². The second kappa shape index (κ2) is 7.36. The first-order valence-corrected chi connectivity index (χ1v) is 10.1. The minimum atomic E-state index is -0.973. The van der Waals surface area contributed by atoms with E-state index in [4.69, 9.17) is 4.74 Å². The van der Waals surface area contributed by atoms with Gasteiger partial charge in [-0.3, -0.25) is 9.00 Å². The van der Waals surface area contributed by atoms with E-state index in [1.165, 1.54) is 0 Å². The van der Waals surface area contributed by atoms with Crippen molar-refractivity contribution in [3.05, 3.63) is 71.4 Å². The molecule has 3 aromatic rings. The Morgan fingerprint density at radius 3 is 2.63 bits per heavy atom. The summed E-state index contributed by atoms with van der Waals surface area (Å²) in [4.78, 5) is 12.4. The van der Waals surface area contributed by atoms with Crippen molar-refractivity contribution in [1.82, 2.24) is 9.78 Å². The number of ether oxygens (including phenoxy) is 1. The van der Waals surface area contributed by atoms with Crippen LogP contribution in [0.2, 0.25) is 0 Å². The van der Waals surface area contributed by atoms with E-state index < -0.39 is 10.8 Å². The highest BCUT2D eigenvalue weighted by molar-refractivity contribution is 7.83. The molecule has 7 heteroatoms. The summed E-state index contributed by atoms with van der Waals surface area (Å²) in [5.74, 6) is 1.73. The molecule has 0 bridgehead atoms. The summed E-state index contributed by atoms with van der Waals surface area (Å²) in [5.41, 5.74) is 3.59. The summed E-state index contributed by atoms with van der Waals surface area (Å²) >= 11 is 0. The summed E-state index contributed by atoms with van der Waals surface area (Å²) in [6.07, 6.45) is 0. The predicted octanol–water partition coefficient (Wildman–Crippen LogP) is 2.96. The van der Waals surface area contributed by atoms with Crippen LogP contribution < -0.4 is 10.1 Å². The average molecular weight is 381 g/mol. The van der Waals surface area contributed by atoms with Gasteiger partial charge >= 0.3 is 0 Å². The third kappa shape index (κ3) is 3.78. The van der Waals surface area contributed by atoms with Gasteiger partial charge in [-0.2, -0.15) is 5.10 Å². The van der Waals surface area contributed by atoms with Crippen LogP contribution in [0.1, 0.15) is 16.8 Å². The lowest BCUT2D eigenvalue weighted by Gasteiger charge is -2.12. The van der Waals surface area contributed by atoms with Crippen LogP contribution in [0.15, 0.2) is 54.6 Å². The van der Waals surface area contributed by atoms with Gasteiger partial charge in [-0.25, -0.2) is 4.68 Å². The summed E-state index contributed by atoms with van der Waals surface area (Å²) in [7, 11) is -0.973. The molecule has 1 amide bonds. The van der Waals surface area contributed by atoms with Crippen LogP contribution in [-0.4, -0.2) is 26.5 Å². The lowest BCUT2D eigenvalue weighted by molar-refractivity contribution is -0.118.